The predicted octanol–water partition coefficient (Wildman–Crippen LogP) is 0.646. The molecular formula is C14H21NO5. The molecule has 1 saturated carbocycles. The van der Waals surface area contributed by atoms with E-state index in [0.717, 1.165) is 25.7 Å². The Morgan fingerprint density at radius 3 is 2.65 bits per heavy atom. The van der Waals surface area contributed by atoms with Crippen LogP contribution in [0.5, 0.6) is 0 Å². The number of hydrogen-bond donors (Lipinski definition) is 1. The lowest BCUT2D eigenvalue weighted by molar-refractivity contribution is -0.166. The molecule has 6 nitrogen and oxygen atoms in total. The molecule has 0 aromatic carbocycles. The van der Waals surface area contributed by atoms with Crippen molar-refractivity contribution in [2.75, 3.05) is 19.8 Å². The Labute approximate surface area is 118 Å². The fraction of sp³-hybridized carbons (Fsp3) is 0.857. The normalized spacial score (nSPS) is 37.5. The van der Waals surface area contributed by atoms with Gasteiger partial charge in [-0.05, 0) is 25.2 Å². The van der Waals surface area contributed by atoms with Crippen molar-refractivity contribution in [3.63, 3.8) is 0 Å². The molecule has 0 radical (unpaired) electrons. The van der Waals surface area contributed by atoms with Crippen molar-refractivity contribution in [1.29, 1.82) is 0 Å². The summed E-state index contributed by atoms with van der Waals surface area (Å²) >= 11 is 0. The Morgan fingerprint density at radius 1 is 1.15 bits per heavy atom. The minimum atomic E-state index is -0.899. The number of rotatable bonds is 2. The minimum Gasteiger partial charge on any atom is -0.480 e. The van der Waals surface area contributed by atoms with Gasteiger partial charge >= 0.3 is 5.97 Å². The van der Waals surface area contributed by atoms with Crippen LogP contribution in [0.15, 0.2) is 0 Å². The van der Waals surface area contributed by atoms with Gasteiger partial charge in [-0.1, -0.05) is 12.8 Å². The lowest BCUT2D eigenvalue weighted by Crippen LogP contribution is -2.53. The number of nitrogens with zero attached hydrogens (tertiary/aromatic N) is 1. The summed E-state index contributed by atoms with van der Waals surface area (Å²) in [5.74, 6) is -0.769. The molecule has 6 heteroatoms. The first-order chi connectivity index (χ1) is 9.68. The first-order valence-electron chi connectivity index (χ1n) is 7.43. The summed E-state index contributed by atoms with van der Waals surface area (Å²) in [4.78, 5) is 25.7. The molecule has 1 N–H and O–H groups in total. The standard InChI is InChI=1S/C14H21NO5/c16-13(12-8-19-5-6-20-12)15-10-4-2-1-3-9(10)7-11(15)14(17)18/h9-12H,1-8H2,(H,17,18). The molecule has 3 fully saturated rings. The third kappa shape index (κ3) is 2.42. The predicted molar refractivity (Wildman–Crippen MR) is 69.2 cm³/mol. The molecule has 0 aromatic rings. The van der Waals surface area contributed by atoms with Crippen LogP contribution < -0.4 is 0 Å². The Kier molecular flexibility index (Phi) is 3.94. The van der Waals surface area contributed by atoms with E-state index in [2.05, 4.69) is 0 Å². The fourth-order valence-electron chi connectivity index (χ4n) is 3.79. The summed E-state index contributed by atoms with van der Waals surface area (Å²) in [5, 5.41) is 9.41. The smallest absolute Gasteiger partial charge is 0.326 e. The van der Waals surface area contributed by atoms with Gasteiger partial charge in [-0.15, -0.1) is 0 Å². The summed E-state index contributed by atoms with van der Waals surface area (Å²) in [6, 6.07) is -0.621. The maximum atomic E-state index is 12.6. The minimum absolute atomic E-state index is 0.0721. The number of carbonyl (C=O) groups excluding carboxylic acids is 1. The highest BCUT2D eigenvalue weighted by Gasteiger charge is 2.49. The summed E-state index contributed by atoms with van der Waals surface area (Å²) in [6.45, 7) is 1.13. The van der Waals surface area contributed by atoms with Gasteiger partial charge in [0.2, 0.25) is 0 Å². The average molecular weight is 283 g/mol. The number of carboxylic acids is 1. The van der Waals surface area contributed by atoms with Crippen LogP contribution in [0.1, 0.15) is 32.1 Å². The maximum Gasteiger partial charge on any atom is 0.326 e. The highest BCUT2D eigenvalue weighted by molar-refractivity contribution is 5.87. The van der Waals surface area contributed by atoms with Crippen molar-refractivity contribution in [2.24, 2.45) is 5.92 Å². The van der Waals surface area contributed by atoms with Crippen LogP contribution in [0.3, 0.4) is 0 Å². The number of likely N-dealkylation sites (tertiary alicyclic amines) is 1. The molecule has 2 heterocycles. The van der Waals surface area contributed by atoms with Gasteiger partial charge in [0, 0.05) is 6.04 Å². The molecule has 20 heavy (non-hydrogen) atoms. The zero-order valence-electron chi connectivity index (χ0n) is 11.5. The van der Waals surface area contributed by atoms with E-state index in [9.17, 15) is 14.7 Å². The number of carbonyl (C=O) groups is 2. The molecule has 2 saturated heterocycles. The van der Waals surface area contributed by atoms with Crippen molar-refractivity contribution in [1.82, 2.24) is 4.90 Å². The fourth-order valence-corrected chi connectivity index (χ4v) is 3.79. The number of aliphatic carboxylic acids is 1. The van der Waals surface area contributed by atoms with E-state index in [-0.39, 0.29) is 18.6 Å². The molecule has 1 aliphatic carbocycles. The highest BCUT2D eigenvalue weighted by Crippen LogP contribution is 2.40. The Balaban J connectivity index is 1.79. The van der Waals surface area contributed by atoms with Gasteiger partial charge in [0.05, 0.1) is 19.8 Å². The molecule has 0 aromatic heterocycles. The van der Waals surface area contributed by atoms with Crippen LogP contribution in [0.2, 0.25) is 0 Å². The molecule has 112 valence electrons. The van der Waals surface area contributed by atoms with Gasteiger partial charge in [0.1, 0.15) is 6.04 Å². The SMILES string of the molecule is O=C(O)C1CC2CCCCC2N1C(=O)C1COCCO1. The quantitative estimate of drug-likeness (QED) is 0.805. The van der Waals surface area contributed by atoms with E-state index in [0.29, 0.717) is 25.6 Å². The molecule has 2 aliphatic heterocycles. The molecule has 0 spiro atoms. The molecule has 3 rings (SSSR count). The largest absolute Gasteiger partial charge is 0.480 e. The zero-order valence-corrected chi connectivity index (χ0v) is 11.5. The molecule has 0 bridgehead atoms. The second kappa shape index (κ2) is 5.69. The first kappa shape index (κ1) is 13.8. The van der Waals surface area contributed by atoms with Gasteiger partial charge in [0.25, 0.3) is 5.91 Å². The highest BCUT2D eigenvalue weighted by atomic mass is 16.6. The van der Waals surface area contributed by atoms with E-state index in [1.54, 1.807) is 4.90 Å². The summed E-state index contributed by atoms with van der Waals surface area (Å²) in [6.07, 6.45) is 4.09. The Morgan fingerprint density at radius 2 is 1.95 bits per heavy atom. The van der Waals surface area contributed by atoms with Crippen LogP contribution in [0.4, 0.5) is 0 Å². The lowest BCUT2D eigenvalue weighted by Gasteiger charge is -2.35. The van der Waals surface area contributed by atoms with E-state index in [1.807, 2.05) is 0 Å². The molecule has 3 aliphatic rings. The van der Waals surface area contributed by atoms with E-state index in [1.165, 1.54) is 0 Å². The van der Waals surface area contributed by atoms with Crippen LogP contribution in [0.25, 0.3) is 0 Å². The summed E-state index contributed by atoms with van der Waals surface area (Å²) in [7, 11) is 0. The monoisotopic (exact) mass is 283 g/mol. The molecule has 4 unspecified atom stereocenters. The Hall–Kier alpha value is -1.14. The number of fused-ring (bicyclic) bond motifs is 1. The van der Waals surface area contributed by atoms with Crippen LogP contribution in [-0.2, 0) is 19.1 Å². The topological polar surface area (TPSA) is 76.1 Å². The van der Waals surface area contributed by atoms with Gasteiger partial charge in [-0.2, -0.15) is 0 Å². The average Bonchev–Trinajstić information content (AvgIpc) is 2.87. The zero-order chi connectivity index (χ0) is 14.1. The number of carboxylic acid groups (broad SMARTS) is 1. The van der Waals surface area contributed by atoms with E-state index >= 15 is 0 Å². The second-order valence-corrected chi connectivity index (χ2v) is 5.88. The maximum absolute atomic E-state index is 12.6. The van der Waals surface area contributed by atoms with E-state index < -0.39 is 18.1 Å². The second-order valence-electron chi connectivity index (χ2n) is 5.88. The van der Waals surface area contributed by atoms with E-state index in [4.69, 9.17) is 9.47 Å². The van der Waals surface area contributed by atoms with Crippen molar-refractivity contribution in [3.05, 3.63) is 0 Å². The summed E-state index contributed by atoms with van der Waals surface area (Å²) in [5.41, 5.74) is 0. The molecule has 1 amide bonds. The van der Waals surface area contributed by atoms with Gasteiger partial charge in [0.15, 0.2) is 6.10 Å². The van der Waals surface area contributed by atoms with Crippen molar-refractivity contribution >= 4 is 11.9 Å². The number of hydrogen-bond acceptors (Lipinski definition) is 4. The van der Waals surface area contributed by atoms with Gasteiger partial charge in [-0.3, -0.25) is 4.79 Å². The van der Waals surface area contributed by atoms with Gasteiger partial charge in [-0.25, -0.2) is 4.79 Å². The molecule has 4 atom stereocenters. The molecular weight excluding hydrogens is 262 g/mol. The first-order valence-corrected chi connectivity index (χ1v) is 7.43. The van der Waals surface area contributed by atoms with Gasteiger partial charge < -0.3 is 19.5 Å². The van der Waals surface area contributed by atoms with Crippen LogP contribution in [-0.4, -0.2) is 59.9 Å². The summed E-state index contributed by atoms with van der Waals surface area (Å²) < 4.78 is 10.7. The third-order valence-electron chi connectivity index (χ3n) is 4.72. The van der Waals surface area contributed by atoms with Crippen LogP contribution in [0, 0.1) is 5.92 Å². The Bertz CT molecular complexity index is 393. The third-order valence-corrected chi connectivity index (χ3v) is 4.72. The van der Waals surface area contributed by atoms with Crippen molar-refractivity contribution < 1.29 is 24.2 Å². The van der Waals surface area contributed by atoms with Crippen molar-refractivity contribution in [2.45, 2.75) is 50.3 Å². The van der Waals surface area contributed by atoms with Crippen molar-refractivity contribution in [3.8, 4) is 0 Å². The number of amides is 1. The lowest BCUT2D eigenvalue weighted by atomic mass is 9.84. The van der Waals surface area contributed by atoms with Crippen LogP contribution >= 0.6 is 0 Å². The number of ether oxygens (including phenoxy) is 2.